The number of amides is 1. The Hall–Kier alpha value is -2.02. The number of rotatable bonds is 5. The number of carbonyl (C=O) groups is 1. The second-order valence-electron chi connectivity index (χ2n) is 5.79. The zero-order valence-corrected chi connectivity index (χ0v) is 13.1. The zero-order chi connectivity index (χ0) is 17.7. The highest BCUT2D eigenvalue weighted by molar-refractivity contribution is 5.97. The quantitative estimate of drug-likeness (QED) is 0.807. The van der Waals surface area contributed by atoms with Crippen LogP contribution in [0.5, 0.6) is 5.75 Å². The van der Waals surface area contributed by atoms with Crippen LogP contribution in [0.3, 0.4) is 0 Å². The standard InChI is InChI=1S/C17H20F3NO3/c1-2-9-24-15-8-3-11(17(18,19)20)10-14(15)16(23)21-12-4-6-13(22)7-5-12/h2-3,8,10,12-13,22H,1,4-7,9H2,(H,21,23). The molecule has 2 N–H and O–H groups in total. The minimum absolute atomic E-state index is 0.0799. The van der Waals surface area contributed by atoms with Gasteiger partial charge in [-0.25, -0.2) is 0 Å². The number of alkyl halides is 3. The Morgan fingerprint density at radius 3 is 2.58 bits per heavy atom. The SMILES string of the molecule is C=CCOc1ccc(C(F)(F)F)cc1C(=O)NC1CCC(O)CC1. The number of aliphatic hydroxyl groups is 1. The Morgan fingerprint density at radius 1 is 1.33 bits per heavy atom. The van der Waals surface area contributed by atoms with Crippen LogP contribution in [0.25, 0.3) is 0 Å². The minimum atomic E-state index is -4.54. The van der Waals surface area contributed by atoms with E-state index in [9.17, 15) is 23.1 Å². The first-order valence-electron chi connectivity index (χ1n) is 7.75. The topological polar surface area (TPSA) is 58.6 Å². The Balaban J connectivity index is 2.20. The molecule has 1 saturated carbocycles. The molecule has 0 bridgehead atoms. The fourth-order valence-corrected chi connectivity index (χ4v) is 2.64. The molecule has 1 aliphatic carbocycles. The molecule has 7 heteroatoms. The summed E-state index contributed by atoms with van der Waals surface area (Å²) in [5.41, 5.74) is -1.06. The second kappa shape index (κ2) is 7.70. The number of aliphatic hydroxyl groups excluding tert-OH is 1. The lowest BCUT2D eigenvalue weighted by Crippen LogP contribution is -2.38. The summed E-state index contributed by atoms with van der Waals surface area (Å²) >= 11 is 0. The molecule has 1 aromatic carbocycles. The molecule has 1 fully saturated rings. The monoisotopic (exact) mass is 343 g/mol. The van der Waals surface area contributed by atoms with E-state index in [0.29, 0.717) is 25.7 Å². The van der Waals surface area contributed by atoms with E-state index in [0.717, 1.165) is 18.2 Å². The van der Waals surface area contributed by atoms with Gasteiger partial charge in [-0.1, -0.05) is 12.7 Å². The van der Waals surface area contributed by atoms with Crippen LogP contribution in [-0.2, 0) is 6.18 Å². The highest BCUT2D eigenvalue weighted by Crippen LogP contribution is 2.33. The van der Waals surface area contributed by atoms with Gasteiger partial charge in [-0.15, -0.1) is 0 Å². The Labute approximate surface area is 138 Å². The molecule has 0 heterocycles. The summed E-state index contributed by atoms with van der Waals surface area (Å²) < 4.78 is 44.0. The predicted molar refractivity (Wildman–Crippen MR) is 82.9 cm³/mol. The van der Waals surface area contributed by atoms with Gasteiger partial charge in [0.25, 0.3) is 5.91 Å². The third kappa shape index (κ3) is 4.74. The molecule has 0 aromatic heterocycles. The molecule has 0 atom stereocenters. The molecule has 2 rings (SSSR count). The molecule has 1 aromatic rings. The van der Waals surface area contributed by atoms with Crippen LogP contribution in [0.2, 0.25) is 0 Å². The maximum Gasteiger partial charge on any atom is 0.416 e. The van der Waals surface area contributed by atoms with Crippen molar-refractivity contribution in [1.29, 1.82) is 0 Å². The van der Waals surface area contributed by atoms with Gasteiger partial charge < -0.3 is 15.2 Å². The summed E-state index contributed by atoms with van der Waals surface area (Å²) in [6.07, 6.45) is -1.16. The summed E-state index contributed by atoms with van der Waals surface area (Å²) in [6.45, 7) is 3.56. The van der Waals surface area contributed by atoms with Crippen LogP contribution in [0.15, 0.2) is 30.9 Å². The molecule has 0 aliphatic heterocycles. The maximum absolute atomic E-state index is 12.9. The predicted octanol–water partition coefficient (Wildman–Crippen LogP) is 3.30. The van der Waals surface area contributed by atoms with Crippen molar-refractivity contribution in [2.45, 2.75) is 44.0 Å². The van der Waals surface area contributed by atoms with Gasteiger partial charge in [0.05, 0.1) is 17.2 Å². The first-order chi connectivity index (χ1) is 11.3. The van der Waals surface area contributed by atoms with Gasteiger partial charge in [0.2, 0.25) is 0 Å². The number of carbonyl (C=O) groups excluding carboxylic acids is 1. The van der Waals surface area contributed by atoms with Crippen molar-refractivity contribution in [2.24, 2.45) is 0 Å². The molecule has 0 saturated heterocycles. The average molecular weight is 343 g/mol. The van der Waals surface area contributed by atoms with E-state index in [-0.39, 0.29) is 30.1 Å². The van der Waals surface area contributed by atoms with E-state index < -0.39 is 17.6 Å². The second-order valence-corrected chi connectivity index (χ2v) is 5.79. The summed E-state index contributed by atoms with van der Waals surface area (Å²) in [4.78, 5) is 12.4. The number of hydrogen-bond donors (Lipinski definition) is 2. The van der Waals surface area contributed by atoms with Crippen LogP contribution in [0.4, 0.5) is 13.2 Å². The third-order valence-electron chi connectivity index (χ3n) is 3.94. The zero-order valence-electron chi connectivity index (χ0n) is 13.1. The molecule has 1 aliphatic rings. The van der Waals surface area contributed by atoms with Crippen molar-refractivity contribution >= 4 is 5.91 Å². The van der Waals surface area contributed by atoms with Crippen molar-refractivity contribution in [3.63, 3.8) is 0 Å². The van der Waals surface area contributed by atoms with Gasteiger partial charge in [0, 0.05) is 6.04 Å². The Bertz CT molecular complexity index is 593. The first-order valence-corrected chi connectivity index (χ1v) is 7.75. The largest absolute Gasteiger partial charge is 0.489 e. The van der Waals surface area contributed by atoms with Gasteiger partial charge in [-0.3, -0.25) is 4.79 Å². The fraction of sp³-hybridized carbons (Fsp3) is 0.471. The smallest absolute Gasteiger partial charge is 0.416 e. The highest BCUT2D eigenvalue weighted by atomic mass is 19.4. The van der Waals surface area contributed by atoms with Crippen LogP contribution in [0, 0.1) is 0 Å². The number of halogens is 3. The molecule has 0 unspecified atom stereocenters. The Kier molecular flexibility index (Phi) is 5.88. The molecule has 0 spiro atoms. The maximum atomic E-state index is 12.9. The summed E-state index contributed by atoms with van der Waals surface area (Å²) in [6, 6.07) is 2.66. The summed E-state index contributed by atoms with van der Waals surface area (Å²) in [5, 5.41) is 12.2. The Morgan fingerprint density at radius 2 is 2.00 bits per heavy atom. The van der Waals surface area contributed by atoms with Crippen molar-refractivity contribution in [2.75, 3.05) is 6.61 Å². The molecule has 0 radical (unpaired) electrons. The number of hydrogen-bond acceptors (Lipinski definition) is 3. The first kappa shape index (κ1) is 18.3. The van der Waals surface area contributed by atoms with Crippen LogP contribution in [-0.4, -0.2) is 29.8 Å². The van der Waals surface area contributed by atoms with Crippen molar-refractivity contribution in [3.8, 4) is 5.75 Å². The van der Waals surface area contributed by atoms with Gasteiger partial charge in [0.15, 0.2) is 0 Å². The lowest BCUT2D eigenvalue weighted by Gasteiger charge is -2.26. The number of ether oxygens (including phenoxy) is 1. The van der Waals surface area contributed by atoms with Crippen molar-refractivity contribution in [3.05, 3.63) is 42.0 Å². The van der Waals surface area contributed by atoms with E-state index in [4.69, 9.17) is 4.74 Å². The molecular formula is C17H20F3NO3. The average Bonchev–Trinajstić information content (AvgIpc) is 2.54. The lowest BCUT2D eigenvalue weighted by molar-refractivity contribution is -0.137. The molecule has 1 amide bonds. The molecule has 4 nitrogen and oxygen atoms in total. The fourth-order valence-electron chi connectivity index (χ4n) is 2.64. The van der Waals surface area contributed by atoms with E-state index >= 15 is 0 Å². The van der Waals surface area contributed by atoms with Gasteiger partial charge in [-0.2, -0.15) is 13.2 Å². The van der Waals surface area contributed by atoms with Crippen molar-refractivity contribution in [1.82, 2.24) is 5.32 Å². The van der Waals surface area contributed by atoms with E-state index in [1.807, 2.05) is 0 Å². The van der Waals surface area contributed by atoms with E-state index in [1.165, 1.54) is 6.08 Å². The van der Waals surface area contributed by atoms with Crippen molar-refractivity contribution < 1.29 is 27.8 Å². The summed E-state index contributed by atoms with van der Waals surface area (Å²) in [5.74, 6) is -0.530. The van der Waals surface area contributed by atoms with Gasteiger partial charge in [0.1, 0.15) is 12.4 Å². The van der Waals surface area contributed by atoms with Crippen LogP contribution < -0.4 is 10.1 Å². The minimum Gasteiger partial charge on any atom is -0.489 e. The lowest BCUT2D eigenvalue weighted by atomic mass is 9.93. The number of nitrogens with one attached hydrogen (secondary N) is 1. The van der Waals surface area contributed by atoms with Gasteiger partial charge in [-0.05, 0) is 43.9 Å². The third-order valence-corrected chi connectivity index (χ3v) is 3.94. The van der Waals surface area contributed by atoms with Crippen LogP contribution >= 0.6 is 0 Å². The highest BCUT2D eigenvalue weighted by Gasteiger charge is 2.32. The van der Waals surface area contributed by atoms with E-state index in [1.54, 1.807) is 0 Å². The normalized spacial score (nSPS) is 21.2. The molecule has 24 heavy (non-hydrogen) atoms. The summed E-state index contributed by atoms with van der Waals surface area (Å²) in [7, 11) is 0. The van der Waals surface area contributed by atoms with Gasteiger partial charge >= 0.3 is 6.18 Å². The molecule has 132 valence electrons. The van der Waals surface area contributed by atoms with Crippen LogP contribution in [0.1, 0.15) is 41.6 Å². The van der Waals surface area contributed by atoms with E-state index in [2.05, 4.69) is 11.9 Å². The molecular weight excluding hydrogens is 323 g/mol. The number of benzene rings is 1.